The molecule has 1 unspecified atom stereocenters. The van der Waals surface area contributed by atoms with Crippen LogP contribution in [-0.4, -0.2) is 66.8 Å². The van der Waals surface area contributed by atoms with E-state index in [-0.39, 0.29) is 33.9 Å². The van der Waals surface area contributed by atoms with Gasteiger partial charge in [-0.1, -0.05) is 30.3 Å². The maximum absolute atomic E-state index is 13.9. The van der Waals surface area contributed by atoms with Gasteiger partial charge in [-0.25, -0.2) is 27.7 Å². The van der Waals surface area contributed by atoms with Crippen LogP contribution in [0.5, 0.6) is 0 Å². The molecule has 0 saturated carbocycles. The van der Waals surface area contributed by atoms with Crippen molar-refractivity contribution in [3.8, 4) is 11.3 Å². The summed E-state index contributed by atoms with van der Waals surface area (Å²) in [6.45, 7) is 1.72. The molecule has 40 heavy (non-hydrogen) atoms. The maximum atomic E-state index is 13.9. The second-order valence-corrected chi connectivity index (χ2v) is 11.6. The first-order valence-electron chi connectivity index (χ1n) is 12.4. The van der Waals surface area contributed by atoms with E-state index in [2.05, 4.69) is 10.4 Å². The number of anilines is 1. The molecule has 0 aliphatic carbocycles. The smallest absolute Gasteiger partial charge is 0.339 e. The average Bonchev–Trinajstić information content (AvgIpc) is 3.50. The lowest BCUT2D eigenvalue weighted by Gasteiger charge is -2.14. The number of pyridine rings is 1. The molecule has 1 N–H and O–H groups in total. The molecule has 2 aromatic carbocycles. The summed E-state index contributed by atoms with van der Waals surface area (Å²) >= 11 is 0. The van der Waals surface area contributed by atoms with Crippen LogP contribution in [0.1, 0.15) is 49.2 Å². The highest BCUT2D eigenvalue weighted by molar-refractivity contribution is 7.91. The molecule has 5 rings (SSSR count). The highest BCUT2D eigenvalue weighted by atomic mass is 32.2. The Morgan fingerprint density at radius 3 is 2.35 bits per heavy atom. The fourth-order valence-electron chi connectivity index (χ4n) is 4.84. The summed E-state index contributed by atoms with van der Waals surface area (Å²) in [5.74, 6) is -1.95. The third-order valence-corrected chi connectivity index (χ3v) is 8.55. The van der Waals surface area contributed by atoms with Crippen molar-refractivity contribution >= 4 is 44.4 Å². The normalized spacial score (nSPS) is 16.0. The van der Waals surface area contributed by atoms with Crippen molar-refractivity contribution < 1.29 is 32.3 Å². The number of aryl methyl sites for hydroxylation is 1. The summed E-state index contributed by atoms with van der Waals surface area (Å²) < 4.78 is 35.7. The number of methoxy groups -OCH3 is 2. The fraction of sp³-hybridized carbons (Fsp3) is 0.250. The Hall–Kier alpha value is -4.58. The molecule has 1 saturated heterocycles. The van der Waals surface area contributed by atoms with E-state index in [1.54, 1.807) is 17.7 Å². The average molecular weight is 563 g/mol. The Morgan fingerprint density at radius 2 is 1.70 bits per heavy atom. The number of rotatable bonds is 6. The Balaban J connectivity index is 1.67. The summed E-state index contributed by atoms with van der Waals surface area (Å²) in [5.41, 5.74) is 2.53. The summed E-state index contributed by atoms with van der Waals surface area (Å²) in [5, 5.41) is 7.80. The molecular weight excluding hydrogens is 536 g/mol. The van der Waals surface area contributed by atoms with Crippen molar-refractivity contribution in [3.05, 3.63) is 77.0 Å². The Labute approximate surface area is 230 Å². The SMILES string of the molecule is COC(=O)c1ccc(C(=O)OC)c(NC(=O)c2cc(-c3ccccc3)nc3c2c(C)nn3C2CCS(=O)(=O)C2)c1. The van der Waals surface area contributed by atoms with Gasteiger partial charge in [0.2, 0.25) is 0 Å². The van der Waals surface area contributed by atoms with Crippen molar-refractivity contribution in [2.24, 2.45) is 0 Å². The molecule has 1 atom stereocenters. The van der Waals surface area contributed by atoms with Crippen LogP contribution in [0.25, 0.3) is 22.3 Å². The number of sulfone groups is 1. The zero-order valence-corrected chi connectivity index (χ0v) is 22.8. The summed E-state index contributed by atoms with van der Waals surface area (Å²) in [6.07, 6.45) is 0.389. The van der Waals surface area contributed by atoms with Crippen LogP contribution in [-0.2, 0) is 19.3 Å². The minimum absolute atomic E-state index is 0.0423. The third-order valence-electron chi connectivity index (χ3n) is 6.80. The third kappa shape index (κ3) is 5.05. The van der Waals surface area contributed by atoms with Gasteiger partial charge in [0.05, 0.1) is 70.9 Å². The lowest BCUT2D eigenvalue weighted by Crippen LogP contribution is -2.17. The topological polar surface area (TPSA) is 147 Å². The number of ether oxygens (including phenoxy) is 2. The number of esters is 2. The Kier molecular flexibility index (Phi) is 7.11. The highest BCUT2D eigenvalue weighted by Gasteiger charge is 2.32. The molecule has 206 valence electrons. The van der Waals surface area contributed by atoms with E-state index in [0.717, 1.165) is 5.56 Å². The molecule has 2 aromatic heterocycles. The zero-order valence-electron chi connectivity index (χ0n) is 22.0. The van der Waals surface area contributed by atoms with Crippen LogP contribution in [0, 0.1) is 6.92 Å². The number of nitrogens with zero attached hydrogens (tertiary/aromatic N) is 3. The van der Waals surface area contributed by atoms with Crippen LogP contribution in [0.3, 0.4) is 0 Å². The Bertz CT molecular complexity index is 1760. The van der Waals surface area contributed by atoms with Crippen molar-refractivity contribution in [2.45, 2.75) is 19.4 Å². The number of benzene rings is 2. The van der Waals surface area contributed by atoms with E-state index >= 15 is 0 Å². The summed E-state index contributed by atoms with van der Waals surface area (Å²) in [6, 6.07) is 14.5. The van der Waals surface area contributed by atoms with E-state index in [4.69, 9.17) is 14.5 Å². The van der Waals surface area contributed by atoms with E-state index in [0.29, 0.717) is 28.8 Å². The quantitative estimate of drug-likeness (QED) is 0.348. The van der Waals surface area contributed by atoms with Crippen LogP contribution >= 0.6 is 0 Å². The van der Waals surface area contributed by atoms with Crippen LogP contribution in [0.4, 0.5) is 5.69 Å². The fourth-order valence-corrected chi connectivity index (χ4v) is 6.53. The number of amides is 1. The molecule has 1 amide bonds. The van der Waals surface area contributed by atoms with Gasteiger partial charge in [0, 0.05) is 5.56 Å². The standard InChI is InChI=1S/C28H26N4O7S/c1-16-24-21(26(33)30-23-13-18(27(34)38-2)9-10-20(23)28(35)39-3)14-22(17-7-5-4-6-8-17)29-25(24)32(31-16)19-11-12-40(36,37)15-19/h4-10,13-14,19H,11-12,15H2,1-3H3,(H,30,33). The van der Waals surface area contributed by atoms with E-state index in [1.165, 1.54) is 32.4 Å². The molecule has 0 spiro atoms. The largest absolute Gasteiger partial charge is 0.465 e. The first-order valence-corrected chi connectivity index (χ1v) is 14.2. The first-order chi connectivity index (χ1) is 19.1. The predicted octanol–water partition coefficient (Wildman–Crippen LogP) is 3.59. The Morgan fingerprint density at radius 1 is 0.975 bits per heavy atom. The van der Waals surface area contributed by atoms with E-state index in [9.17, 15) is 22.8 Å². The zero-order chi connectivity index (χ0) is 28.6. The van der Waals surface area contributed by atoms with Crippen LogP contribution in [0.15, 0.2) is 54.6 Å². The van der Waals surface area contributed by atoms with E-state index in [1.807, 2.05) is 30.3 Å². The number of carbonyl (C=O) groups is 3. The lowest BCUT2D eigenvalue weighted by molar-refractivity contribution is 0.0587. The maximum Gasteiger partial charge on any atom is 0.339 e. The highest BCUT2D eigenvalue weighted by Crippen LogP contribution is 2.33. The van der Waals surface area contributed by atoms with Gasteiger partial charge in [-0.05, 0) is 37.6 Å². The van der Waals surface area contributed by atoms with Crippen molar-refractivity contribution in [1.82, 2.24) is 14.8 Å². The number of hydrogen-bond donors (Lipinski definition) is 1. The molecule has 1 fully saturated rings. The molecule has 0 radical (unpaired) electrons. The predicted molar refractivity (Wildman–Crippen MR) is 147 cm³/mol. The summed E-state index contributed by atoms with van der Waals surface area (Å²) in [7, 11) is -0.775. The number of carbonyl (C=O) groups excluding carboxylic acids is 3. The molecule has 11 nitrogen and oxygen atoms in total. The summed E-state index contributed by atoms with van der Waals surface area (Å²) in [4.78, 5) is 43.3. The molecule has 1 aliphatic heterocycles. The number of fused-ring (bicyclic) bond motifs is 1. The van der Waals surface area contributed by atoms with Crippen LogP contribution < -0.4 is 5.32 Å². The van der Waals surface area contributed by atoms with Gasteiger partial charge in [-0.2, -0.15) is 5.10 Å². The number of nitrogens with one attached hydrogen (secondary N) is 1. The van der Waals surface area contributed by atoms with Gasteiger partial charge in [0.15, 0.2) is 15.5 Å². The van der Waals surface area contributed by atoms with E-state index < -0.39 is 33.7 Å². The first kappa shape index (κ1) is 27.0. The number of hydrogen-bond acceptors (Lipinski definition) is 9. The van der Waals surface area contributed by atoms with Gasteiger partial charge >= 0.3 is 11.9 Å². The van der Waals surface area contributed by atoms with Gasteiger partial charge in [-0.3, -0.25) is 4.79 Å². The minimum Gasteiger partial charge on any atom is -0.465 e. The minimum atomic E-state index is -3.21. The molecule has 4 aromatic rings. The van der Waals surface area contributed by atoms with Gasteiger partial charge < -0.3 is 14.8 Å². The molecule has 12 heteroatoms. The molecule has 0 bridgehead atoms. The molecule has 3 heterocycles. The van der Waals surface area contributed by atoms with Crippen LogP contribution in [0.2, 0.25) is 0 Å². The lowest BCUT2D eigenvalue weighted by atomic mass is 10.0. The molecule has 1 aliphatic rings. The number of aromatic nitrogens is 3. The van der Waals surface area contributed by atoms with Crippen molar-refractivity contribution in [1.29, 1.82) is 0 Å². The monoisotopic (exact) mass is 562 g/mol. The second-order valence-electron chi connectivity index (χ2n) is 9.40. The van der Waals surface area contributed by atoms with Gasteiger partial charge in [-0.15, -0.1) is 0 Å². The molecular formula is C28H26N4O7S. The second kappa shape index (κ2) is 10.5. The van der Waals surface area contributed by atoms with Gasteiger partial charge in [0.25, 0.3) is 5.91 Å². The van der Waals surface area contributed by atoms with Crippen molar-refractivity contribution in [3.63, 3.8) is 0 Å². The van der Waals surface area contributed by atoms with Gasteiger partial charge in [0.1, 0.15) is 0 Å². The van der Waals surface area contributed by atoms with Crippen molar-refractivity contribution in [2.75, 3.05) is 31.0 Å².